The Kier molecular flexibility index (Phi) is 4.66. The van der Waals surface area contributed by atoms with E-state index < -0.39 is 0 Å². The predicted molar refractivity (Wildman–Crippen MR) is 82.1 cm³/mol. The second-order valence-electron chi connectivity index (χ2n) is 4.96. The highest BCUT2D eigenvalue weighted by Gasteiger charge is 2.10. The van der Waals surface area contributed by atoms with Crippen molar-refractivity contribution in [1.29, 1.82) is 0 Å². The summed E-state index contributed by atoms with van der Waals surface area (Å²) in [7, 11) is 0. The Hall–Kier alpha value is -1.97. The number of aromatic nitrogens is 3. The van der Waals surface area contributed by atoms with E-state index in [1.807, 2.05) is 6.20 Å². The Labute approximate surface area is 120 Å². The molecule has 4 heteroatoms. The van der Waals surface area contributed by atoms with E-state index in [1.54, 1.807) is 0 Å². The van der Waals surface area contributed by atoms with Gasteiger partial charge in [0.05, 0.1) is 5.69 Å². The molecule has 2 heterocycles. The Balaban J connectivity index is 2.22. The van der Waals surface area contributed by atoms with Crippen molar-refractivity contribution in [3.63, 3.8) is 0 Å². The highest BCUT2D eigenvalue weighted by Crippen LogP contribution is 2.19. The van der Waals surface area contributed by atoms with Gasteiger partial charge >= 0.3 is 0 Å². The molecule has 4 nitrogen and oxygen atoms in total. The maximum atomic E-state index is 4.49. The van der Waals surface area contributed by atoms with Gasteiger partial charge in [0.2, 0.25) is 0 Å². The van der Waals surface area contributed by atoms with E-state index in [0.717, 1.165) is 36.6 Å². The molecular formula is C16H22N4. The third-order valence-electron chi connectivity index (χ3n) is 3.61. The van der Waals surface area contributed by atoms with E-state index in [1.165, 1.54) is 16.7 Å². The zero-order chi connectivity index (χ0) is 14.5. The van der Waals surface area contributed by atoms with E-state index >= 15 is 0 Å². The molecule has 0 amide bonds. The molecule has 0 spiro atoms. The van der Waals surface area contributed by atoms with Gasteiger partial charge in [-0.15, -0.1) is 5.10 Å². The summed E-state index contributed by atoms with van der Waals surface area (Å²) in [6.07, 6.45) is 3.69. The lowest BCUT2D eigenvalue weighted by atomic mass is 10.1. The summed E-state index contributed by atoms with van der Waals surface area (Å²) in [5, 5.41) is 11.8. The molecule has 1 N–H and O–H groups in total. The molecule has 2 rings (SSSR count). The van der Waals surface area contributed by atoms with Gasteiger partial charge in [-0.05, 0) is 49.9 Å². The largest absolute Gasteiger partial charge is 0.369 e. The van der Waals surface area contributed by atoms with Crippen LogP contribution in [0.3, 0.4) is 0 Å². The first-order valence-electron chi connectivity index (χ1n) is 7.16. The molecule has 0 aromatic carbocycles. The lowest BCUT2D eigenvalue weighted by molar-refractivity contribution is 0.885. The third kappa shape index (κ3) is 3.13. The lowest BCUT2D eigenvalue weighted by Gasteiger charge is -2.11. The van der Waals surface area contributed by atoms with Crippen LogP contribution in [0.25, 0.3) is 0 Å². The van der Waals surface area contributed by atoms with Gasteiger partial charge < -0.3 is 5.32 Å². The summed E-state index contributed by atoms with van der Waals surface area (Å²) < 4.78 is 0. The average molecular weight is 270 g/mol. The Bertz CT molecular complexity index is 576. The second-order valence-corrected chi connectivity index (χ2v) is 4.96. The molecule has 0 saturated carbocycles. The van der Waals surface area contributed by atoms with Crippen LogP contribution in [0.4, 0.5) is 5.82 Å². The maximum absolute atomic E-state index is 4.49. The van der Waals surface area contributed by atoms with Crippen molar-refractivity contribution in [2.75, 3.05) is 11.9 Å². The smallest absolute Gasteiger partial charge is 0.151 e. The fourth-order valence-corrected chi connectivity index (χ4v) is 2.10. The molecule has 0 atom stereocenters. The van der Waals surface area contributed by atoms with Crippen molar-refractivity contribution in [1.82, 2.24) is 15.2 Å². The first-order valence-corrected chi connectivity index (χ1v) is 7.16. The standard InChI is InChI=1S/C16H22N4/c1-5-13-7-8-14(18-10-13)9-15-11(3)12(4)16(17-6-2)20-19-15/h7-8,10H,5-6,9H2,1-4H3,(H,17,20). The molecule has 0 unspecified atom stereocenters. The molecule has 0 radical (unpaired) electrons. The maximum Gasteiger partial charge on any atom is 0.151 e. The molecule has 2 aromatic heterocycles. The van der Waals surface area contributed by atoms with Crippen LogP contribution in [0.1, 0.15) is 41.9 Å². The Morgan fingerprint density at radius 2 is 1.85 bits per heavy atom. The van der Waals surface area contributed by atoms with Gasteiger partial charge in [0.1, 0.15) is 0 Å². The van der Waals surface area contributed by atoms with Crippen LogP contribution in [0, 0.1) is 13.8 Å². The van der Waals surface area contributed by atoms with Crippen LogP contribution in [0.2, 0.25) is 0 Å². The molecule has 2 aromatic rings. The quantitative estimate of drug-likeness (QED) is 0.907. The number of rotatable bonds is 5. The summed E-state index contributed by atoms with van der Waals surface area (Å²) in [6.45, 7) is 9.23. The Morgan fingerprint density at radius 3 is 2.45 bits per heavy atom. The van der Waals surface area contributed by atoms with Gasteiger partial charge in [0, 0.05) is 24.9 Å². The molecule has 0 fully saturated rings. The van der Waals surface area contributed by atoms with Crippen LogP contribution in [-0.4, -0.2) is 21.7 Å². The van der Waals surface area contributed by atoms with Crippen molar-refractivity contribution in [3.8, 4) is 0 Å². The second kappa shape index (κ2) is 6.46. The van der Waals surface area contributed by atoms with Gasteiger partial charge in [0.25, 0.3) is 0 Å². The number of nitrogens with zero attached hydrogens (tertiary/aromatic N) is 3. The van der Waals surface area contributed by atoms with Crippen molar-refractivity contribution in [2.24, 2.45) is 0 Å². The minimum absolute atomic E-state index is 0.732. The highest BCUT2D eigenvalue weighted by molar-refractivity contribution is 5.47. The highest BCUT2D eigenvalue weighted by atomic mass is 15.2. The first kappa shape index (κ1) is 14.4. The number of nitrogens with one attached hydrogen (secondary N) is 1. The van der Waals surface area contributed by atoms with Crippen LogP contribution >= 0.6 is 0 Å². The molecule has 0 bridgehead atoms. The molecule has 106 valence electrons. The molecule has 20 heavy (non-hydrogen) atoms. The van der Waals surface area contributed by atoms with Gasteiger partial charge in [-0.25, -0.2) is 0 Å². The van der Waals surface area contributed by atoms with Crippen molar-refractivity contribution in [2.45, 2.75) is 40.5 Å². The van der Waals surface area contributed by atoms with Crippen LogP contribution in [0.15, 0.2) is 18.3 Å². The zero-order valence-corrected chi connectivity index (χ0v) is 12.7. The first-order chi connectivity index (χ1) is 9.65. The SMILES string of the molecule is CCNc1nnc(Cc2ccc(CC)cn2)c(C)c1C. The van der Waals surface area contributed by atoms with E-state index in [0.29, 0.717) is 0 Å². The van der Waals surface area contributed by atoms with Gasteiger partial charge in [-0.2, -0.15) is 5.10 Å². The fraction of sp³-hybridized carbons (Fsp3) is 0.438. The lowest BCUT2D eigenvalue weighted by Crippen LogP contribution is -2.08. The fourth-order valence-electron chi connectivity index (χ4n) is 2.10. The number of aryl methyl sites for hydroxylation is 1. The van der Waals surface area contributed by atoms with Crippen molar-refractivity contribution >= 4 is 5.82 Å². The molecular weight excluding hydrogens is 248 g/mol. The summed E-state index contributed by atoms with van der Waals surface area (Å²) in [5.41, 5.74) is 5.66. The summed E-state index contributed by atoms with van der Waals surface area (Å²) in [4.78, 5) is 4.49. The Morgan fingerprint density at radius 1 is 1.05 bits per heavy atom. The monoisotopic (exact) mass is 270 g/mol. The van der Waals surface area contributed by atoms with Gasteiger partial charge in [0.15, 0.2) is 5.82 Å². The van der Waals surface area contributed by atoms with Gasteiger partial charge in [-0.3, -0.25) is 4.98 Å². The summed E-state index contributed by atoms with van der Waals surface area (Å²) in [6, 6.07) is 4.21. The number of anilines is 1. The minimum atomic E-state index is 0.732. The molecule has 0 aliphatic heterocycles. The molecule has 0 aliphatic rings. The van der Waals surface area contributed by atoms with E-state index in [2.05, 4.69) is 60.3 Å². The number of hydrogen-bond acceptors (Lipinski definition) is 4. The normalized spacial score (nSPS) is 10.6. The predicted octanol–water partition coefficient (Wildman–Crippen LogP) is 3.07. The van der Waals surface area contributed by atoms with Crippen LogP contribution in [0.5, 0.6) is 0 Å². The third-order valence-corrected chi connectivity index (χ3v) is 3.61. The molecule has 0 saturated heterocycles. The average Bonchev–Trinajstić information content (AvgIpc) is 2.48. The number of hydrogen-bond donors (Lipinski definition) is 1. The van der Waals surface area contributed by atoms with Gasteiger partial charge in [-0.1, -0.05) is 13.0 Å². The summed E-state index contributed by atoms with van der Waals surface area (Å²) >= 11 is 0. The van der Waals surface area contributed by atoms with Crippen molar-refractivity contribution < 1.29 is 0 Å². The van der Waals surface area contributed by atoms with Crippen LogP contribution < -0.4 is 5.32 Å². The topological polar surface area (TPSA) is 50.7 Å². The van der Waals surface area contributed by atoms with Crippen LogP contribution in [-0.2, 0) is 12.8 Å². The van der Waals surface area contributed by atoms with E-state index in [4.69, 9.17) is 0 Å². The van der Waals surface area contributed by atoms with E-state index in [9.17, 15) is 0 Å². The number of pyridine rings is 1. The minimum Gasteiger partial charge on any atom is -0.369 e. The van der Waals surface area contributed by atoms with E-state index in [-0.39, 0.29) is 0 Å². The summed E-state index contributed by atoms with van der Waals surface area (Å²) in [5.74, 6) is 0.878. The van der Waals surface area contributed by atoms with Crippen molar-refractivity contribution in [3.05, 3.63) is 46.4 Å². The molecule has 0 aliphatic carbocycles. The zero-order valence-electron chi connectivity index (χ0n) is 12.7.